The monoisotopic (exact) mass is 231 g/mol. The van der Waals surface area contributed by atoms with Crippen LogP contribution in [0.2, 0.25) is 0 Å². The van der Waals surface area contributed by atoms with E-state index in [2.05, 4.69) is 11.4 Å². The molecule has 0 saturated heterocycles. The van der Waals surface area contributed by atoms with E-state index in [0.29, 0.717) is 12.5 Å². The summed E-state index contributed by atoms with van der Waals surface area (Å²) in [6.45, 7) is 0. The number of ether oxygens (including phenoxy) is 1. The molecule has 2 aliphatic rings. The van der Waals surface area contributed by atoms with Gasteiger partial charge in [0.15, 0.2) is 0 Å². The summed E-state index contributed by atoms with van der Waals surface area (Å²) in [7, 11) is 0. The molecule has 1 heterocycles. The number of hydrogen-bond acceptors (Lipinski definition) is 2. The Morgan fingerprint density at radius 1 is 1.18 bits per heavy atom. The van der Waals surface area contributed by atoms with Crippen LogP contribution in [0.5, 0.6) is 5.75 Å². The van der Waals surface area contributed by atoms with Crippen LogP contribution in [-0.4, -0.2) is 12.0 Å². The van der Waals surface area contributed by atoms with Gasteiger partial charge in [0.25, 0.3) is 0 Å². The van der Waals surface area contributed by atoms with Gasteiger partial charge in [0, 0.05) is 18.2 Å². The highest BCUT2D eigenvalue weighted by Gasteiger charge is 2.18. The van der Waals surface area contributed by atoms with Crippen LogP contribution in [0.15, 0.2) is 18.2 Å². The van der Waals surface area contributed by atoms with Gasteiger partial charge in [-0.15, -0.1) is 0 Å². The van der Waals surface area contributed by atoms with Crippen LogP contribution < -0.4 is 10.1 Å². The molecule has 0 radical (unpaired) electrons. The lowest BCUT2D eigenvalue weighted by Gasteiger charge is -2.19. The van der Waals surface area contributed by atoms with Crippen LogP contribution in [0.4, 0.5) is 5.69 Å². The summed E-state index contributed by atoms with van der Waals surface area (Å²) in [6.07, 6.45) is 6.65. The van der Waals surface area contributed by atoms with Crippen LogP contribution in [0, 0.1) is 0 Å². The molecule has 17 heavy (non-hydrogen) atoms. The van der Waals surface area contributed by atoms with Crippen LogP contribution in [0.3, 0.4) is 0 Å². The number of carbonyl (C=O) groups excluding carboxylic acids is 1. The quantitative estimate of drug-likeness (QED) is 0.850. The smallest absolute Gasteiger partial charge is 0.224 e. The molecule has 1 aromatic carbocycles. The average molecular weight is 231 g/mol. The summed E-state index contributed by atoms with van der Waals surface area (Å²) in [5, 5.41) is 2.91. The first-order valence-electron chi connectivity index (χ1n) is 6.41. The van der Waals surface area contributed by atoms with Gasteiger partial charge in [-0.2, -0.15) is 0 Å². The van der Waals surface area contributed by atoms with Gasteiger partial charge in [0.1, 0.15) is 5.75 Å². The molecule has 1 amide bonds. The van der Waals surface area contributed by atoms with Gasteiger partial charge in [-0.1, -0.05) is 6.07 Å². The maximum absolute atomic E-state index is 11.3. The van der Waals surface area contributed by atoms with Crippen molar-refractivity contribution in [2.75, 3.05) is 5.32 Å². The molecule has 0 bridgehead atoms. The molecule has 1 aromatic rings. The molecular formula is C14H17NO2. The molecule has 1 fully saturated rings. The maximum Gasteiger partial charge on any atom is 0.224 e. The molecule has 1 N–H and O–H groups in total. The van der Waals surface area contributed by atoms with E-state index in [-0.39, 0.29) is 5.91 Å². The van der Waals surface area contributed by atoms with Gasteiger partial charge in [0.2, 0.25) is 5.91 Å². The summed E-state index contributed by atoms with van der Waals surface area (Å²) < 4.78 is 5.93. The number of anilines is 1. The summed E-state index contributed by atoms with van der Waals surface area (Å²) in [5.74, 6) is 0.994. The number of amides is 1. The number of nitrogens with one attached hydrogen (secondary N) is 1. The molecular weight excluding hydrogens is 214 g/mol. The molecule has 0 atom stereocenters. The molecule has 1 aliphatic heterocycles. The lowest BCUT2D eigenvalue weighted by atomic mass is 10.0. The summed E-state index contributed by atoms with van der Waals surface area (Å²) >= 11 is 0. The van der Waals surface area contributed by atoms with E-state index < -0.39 is 0 Å². The van der Waals surface area contributed by atoms with Crippen molar-refractivity contribution >= 4 is 11.6 Å². The Labute approximate surface area is 101 Å². The van der Waals surface area contributed by atoms with Crippen LogP contribution >= 0.6 is 0 Å². The second-order valence-corrected chi connectivity index (χ2v) is 4.89. The highest BCUT2D eigenvalue weighted by Crippen LogP contribution is 2.30. The molecule has 3 rings (SSSR count). The van der Waals surface area contributed by atoms with Crippen LogP contribution in [0.25, 0.3) is 0 Å². The number of fused-ring (bicyclic) bond motifs is 1. The predicted molar refractivity (Wildman–Crippen MR) is 66.3 cm³/mol. The van der Waals surface area contributed by atoms with Crippen LogP contribution in [0.1, 0.15) is 37.7 Å². The second kappa shape index (κ2) is 4.40. The van der Waals surface area contributed by atoms with Crippen molar-refractivity contribution in [1.29, 1.82) is 0 Å². The minimum Gasteiger partial charge on any atom is -0.490 e. The fourth-order valence-corrected chi connectivity index (χ4v) is 2.62. The fraction of sp³-hybridized carbons (Fsp3) is 0.500. The van der Waals surface area contributed by atoms with E-state index in [4.69, 9.17) is 4.74 Å². The number of carbonyl (C=O) groups is 1. The molecule has 0 unspecified atom stereocenters. The van der Waals surface area contributed by atoms with Crippen molar-refractivity contribution < 1.29 is 9.53 Å². The zero-order valence-electron chi connectivity index (χ0n) is 9.87. The average Bonchev–Trinajstić information content (AvgIpc) is 2.81. The highest BCUT2D eigenvalue weighted by atomic mass is 16.5. The third-order valence-corrected chi connectivity index (χ3v) is 3.58. The van der Waals surface area contributed by atoms with E-state index >= 15 is 0 Å². The Morgan fingerprint density at radius 2 is 2.00 bits per heavy atom. The first-order valence-corrected chi connectivity index (χ1v) is 6.41. The molecule has 90 valence electrons. The molecule has 1 saturated carbocycles. The second-order valence-electron chi connectivity index (χ2n) is 4.89. The molecule has 1 aliphatic carbocycles. The van der Waals surface area contributed by atoms with Crippen molar-refractivity contribution in [3.8, 4) is 5.75 Å². The van der Waals surface area contributed by atoms with Gasteiger partial charge in [-0.25, -0.2) is 0 Å². The SMILES string of the molecule is O=C1CCc2ccc(OC3CCCC3)cc2N1. The Hall–Kier alpha value is -1.51. The van der Waals surface area contributed by atoms with E-state index in [9.17, 15) is 4.79 Å². The van der Waals surface area contributed by atoms with Crippen molar-refractivity contribution in [3.63, 3.8) is 0 Å². The normalized spacial score (nSPS) is 19.9. The van der Waals surface area contributed by atoms with Crippen molar-refractivity contribution in [3.05, 3.63) is 23.8 Å². The number of hydrogen-bond donors (Lipinski definition) is 1. The lowest BCUT2D eigenvalue weighted by molar-refractivity contribution is -0.116. The van der Waals surface area contributed by atoms with Crippen molar-refractivity contribution in [2.45, 2.75) is 44.6 Å². The first-order chi connectivity index (χ1) is 8.31. The Kier molecular flexibility index (Phi) is 2.75. The van der Waals surface area contributed by atoms with Gasteiger partial charge < -0.3 is 10.1 Å². The molecule has 0 aromatic heterocycles. The van der Waals surface area contributed by atoms with Crippen molar-refractivity contribution in [2.24, 2.45) is 0 Å². The number of benzene rings is 1. The summed E-state index contributed by atoms with van der Waals surface area (Å²) in [4.78, 5) is 11.3. The minimum atomic E-state index is 0.107. The molecule has 3 nitrogen and oxygen atoms in total. The molecule has 0 spiro atoms. The first kappa shape index (κ1) is 10.6. The van der Waals surface area contributed by atoms with E-state index in [1.165, 1.54) is 18.4 Å². The Balaban J connectivity index is 1.77. The Morgan fingerprint density at radius 3 is 2.82 bits per heavy atom. The zero-order chi connectivity index (χ0) is 11.7. The van der Waals surface area contributed by atoms with E-state index in [0.717, 1.165) is 30.7 Å². The molecule has 3 heteroatoms. The predicted octanol–water partition coefficient (Wildman–Crippen LogP) is 2.89. The van der Waals surface area contributed by atoms with Gasteiger partial charge in [0.05, 0.1) is 6.10 Å². The largest absolute Gasteiger partial charge is 0.490 e. The van der Waals surface area contributed by atoms with E-state index in [1.54, 1.807) is 0 Å². The van der Waals surface area contributed by atoms with E-state index in [1.807, 2.05) is 12.1 Å². The number of rotatable bonds is 2. The highest BCUT2D eigenvalue weighted by molar-refractivity contribution is 5.94. The van der Waals surface area contributed by atoms with Crippen LogP contribution in [-0.2, 0) is 11.2 Å². The van der Waals surface area contributed by atoms with Crippen molar-refractivity contribution in [1.82, 2.24) is 0 Å². The van der Waals surface area contributed by atoms with Gasteiger partial charge in [-0.05, 0) is 43.7 Å². The third kappa shape index (κ3) is 2.28. The lowest BCUT2D eigenvalue weighted by Crippen LogP contribution is -2.19. The minimum absolute atomic E-state index is 0.107. The van der Waals surface area contributed by atoms with Gasteiger partial charge in [-0.3, -0.25) is 4.79 Å². The third-order valence-electron chi connectivity index (χ3n) is 3.58. The maximum atomic E-state index is 11.3. The van der Waals surface area contributed by atoms with Gasteiger partial charge >= 0.3 is 0 Å². The topological polar surface area (TPSA) is 38.3 Å². The standard InChI is InChI=1S/C14H17NO2/c16-14-8-6-10-5-7-12(9-13(10)15-14)17-11-3-1-2-4-11/h5,7,9,11H,1-4,6,8H2,(H,15,16). The Bertz CT molecular complexity index is 436. The summed E-state index contributed by atoms with van der Waals surface area (Å²) in [5.41, 5.74) is 2.14. The zero-order valence-corrected chi connectivity index (χ0v) is 9.87. The summed E-state index contributed by atoms with van der Waals surface area (Å²) in [6, 6.07) is 6.05. The number of aryl methyl sites for hydroxylation is 1. The fourth-order valence-electron chi connectivity index (χ4n) is 2.62.